The van der Waals surface area contributed by atoms with Crippen molar-refractivity contribution in [2.24, 2.45) is 0 Å². The van der Waals surface area contributed by atoms with Gasteiger partial charge < -0.3 is 0 Å². The first-order valence-electron chi connectivity index (χ1n) is 4.20. The van der Waals surface area contributed by atoms with Crippen LogP contribution in [0.15, 0.2) is 30.7 Å². The van der Waals surface area contributed by atoms with Gasteiger partial charge in [0, 0.05) is 11.9 Å². The zero-order valence-corrected chi connectivity index (χ0v) is 7.73. The summed E-state index contributed by atoms with van der Waals surface area (Å²) < 4.78 is 1.89. The van der Waals surface area contributed by atoms with Gasteiger partial charge in [-0.05, 0) is 31.5 Å². The van der Waals surface area contributed by atoms with E-state index in [-0.39, 0.29) is 0 Å². The Bertz CT molecular complexity index is 403. The molecule has 0 N–H and O–H groups in total. The lowest BCUT2D eigenvalue weighted by atomic mass is 10.3. The first-order chi connectivity index (χ1) is 6.29. The van der Waals surface area contributed by atoms with Gasteiger partial charge in [-0.1, -0.05) is 0 Å². The topological polar surface area (TPSA) is 30.7 Å². The van der Waals surface area contributed by atoms with Gasteiger partial charge in [0.05, 0.1) is 18.1 Å². The quantitative estimate of drug-likeness (QED) is 0.659. The van der Waals surface area contributed by atoms with Gasteiger partial charge >= 0.3 is 0 Å². The van der Waals surface area contributed by atoms with Crippen molar-refractivity contribution in [2.45, 2.75) is 13.8 Å². The number of pyridine rings is 1. The third-order valence-corrected chi connectivity index (χ3v) is 2.15. The normalized spacial score (nSPS) is 10.3. The highest BCUT2D eigenvalue weighted by Gasteiger charge is 2.03. The summed E-state index contributed by atoms with van der Waals surface area (Å²) in [7, 11) is 0. The molecule has 0 aromatic carbocycles. The molecular formula is C10H11N3. The molecule has 0 atom stereocenters. The van der Waals surface area contributed by atoms with Gasteiger partial charge in [-0.2, -0.15) is 5.10 Å². The minimum atomic E-state index is 1.01. The highest BCUT2D eigenvalue weighted by molar-refractivity contribution is 5.31. The summed E-state index contributed by atoms with van der Waals surface area (Å²) in [5.74, 6) is 0. The number of hydrogen-bond donors (Lipinski definition) is 0. The molecular weight excluding hydrogens is 162 g/mol. The first kappa shape index (κ1) is 7.98. The molecule has 66 valence electrons. The van der Waals surface area contributed by atoms with Crippen LogP contribution in [0.2, 0.25) is 0 Å². The minimum Gasteiger partial charge on any atom is -0.262 e. The standard InChI is InChI=1S/C10H11N3/c1-8-6-12-13(9(8)2)10-4-3-5-11-7-10/h3-7H,1-2H3. The van der Waals surface area contributed by atoms with Crippen LogP contribution in [-0.4, -0.2) is 14.8 Å². The monoisotopic (exact) mass is 173 g/mol. The summed E-state index contributed by atoms with van der Waals surface area (Å²) in [6.07, 6.45) is 5.43. The molecule has 2 aromatic heterocycles. The van der Waals surface area contributed by atoms with Crippen molar-refractivity contribution >= 4 is 0 Å². The molecule has 3 nitrogen and oxygen atoms in total. The molecule has 0 bridgehead atoms. The second-order valence-electron chi connectivity index (χ2n) is 3.04. The van der Waals surface area contributed by atoms with Crippen LogP contribution in [0.25, 0.3) is 5.69 Å². The van der Waals surface area contributed by atoms with Gasteiger partial charge in [0.15, 0.2) is 0 Å². The molecule has 0 spiro atoms. The van der Waals surface area contributed by atoms with E-state index in [0.29, 0.717) is 0 Å². The number of aryl methyl sites for hydroxylation is 1. The van der Waals surface area contributed by atoms with E-state index in [1.165, 1.54) is 5.56 Å². The molecule has 3 heteroatoms. The summed E-state index contributed by atoms with van der Waals surface area (Å²) in [6, 6.07) is 3.90. The summed E-state index contributed by atoms with van der Waals surface area (Å²) in [4.78, 5) is 4.05. The van der Waals surface area contributed by atoms with Gasteiger partial charge in [0.2, 0.25) is 0 Å². The van der Waals surface area contributed by atoms with Crippen LogP contribution in [-0.2, 0) is 0 Å². The lowest BCUT2D eigenvalue weighted by Crippen LogP contribution is -1.98. The third-order valence-electron chi connectivity index (χ3n) is 2.15. The maximum Gasteiger partial charge on any atom is 0.0831 e. The number of nitrogens with zero attached hydrogens (tertiary/aromatic N) is 3. The Morgan fingerprint density at radius 2 is 2.08 bits per heavy atom. The van der Waals surface area contributed by atoms with Crippen molar-refractivity contribution in [3.63, 3.8) is 0 Å². The molecule has 0 aliphatic heterocycles. The predicted molar refractivity (Wildman–Crippen MR) is 50.8 cm³/mol. The molecule has 0 aliphatic carbocycles. The van der Waals surface area contributed by atoms with Gasteiger partial charge in [0.1, 0.15) is 0 Å². The van der Waals surface area contributed by atoms with Crippen molar-refractivity contribution in [2.75, 3.05) is 0 Å². The van der Waals surface area contributed by atoms with Crippen molar-refractivity contribution in [1.82, 2.24) is 14.8 Å². The molecule has 0 fully saturated rings. The Kier molecular flexibility index (Phi) is 1.85. The lowest BCUT2D eigenvalue weighted by molar-refractivity contribution is 0.840. The van der Waals surface area contributed by atoms with Crippen LogP contribution in [0.3, 0.4) is 0 Å². The molecule has 0 amide bonds. The van der Waals surface area contributed by atoms with Crippen molar-refractivity contribution in [1.29, 1.82) is 0 Å². The van der Waals surface area contributed by atoms with Gasteiger partial charge in [0.25, 0.3) is 0 Å². The Morgan fingerprint density at radius 1 is 1.23 bits per heavy atom. The number of hydrogen-bond acceptors (Lipinski definition) is 2. The zero-order chi connectivity index (χ0) is 9.26. The molecule has 2 heterocycles. The summed E-state index contributed by atoms with van der Waals surface area (Å²) >= 11 is 0. The van der Waals surface area contributed by atoms with Crippen LogP contribution in [0.4, 0.5) is 0 Å². The van der Waals surface area contributed by atoms with Gasteiger partial charge in [-0.25, -0.2) is 4.68 Å². The van der Waals surface area contributed by atoms with E-state index in [0.717, 1.165) is 11.4 Å². The Hall–Kier alpha value is -1.64. The molecule has 0 unspecified atom stereocenters. The average molecular weight is 173 g/mol. The summed E-state index contributed by atoms with van der Waals surface area (Å²) in [5.41, 5.74) is 3.37. The Labute approximate surface area is 77.0 Å². The van der Waals surface area contributed by atoms with E-state index < -0.39 is 0 Å². The maximum absolute atomic E-state index is 4.26. The van der Waals surface area contributed by atoms with E-state index in [1.807, 2.05) is 23.0 Å². The maximum atomic E-state index is 4.26. The van der Waals surface area contributed by atoms with Crippen LogP contribution >= 0.6 is 0 Å². The van der Waals surface area contributed by atoms with Gasteiger partial charge in [-0.15, -0.1) is 0 Å². The fourth-order valence-corrected chi connectivity index (χ4v) is 1.23. The molecule has 0 aliphatic rings. The SMILES string of the molecule is Cc1cnn(-c2cccnc2)c1C. The summed E-state index contributed by atoms with van der Waals surface area (Å²) in [5, 5.41) is 4.26. The highest BCUT2D eigenvalue weighted by atomic mass is 15.3. The number of rotatable bonds is 1. The smallest absolute Gasteiger partial charge is 0.0831 e. The zero-order valence-electron chi connectivity index (χ0n) is 7.73. The largest absolute Gasteiger partial charge is 0.262 e. The van der Waals surface area contributed by atoms with Crippen molar-refractivity contribution in [3.8, 4) is 5.69 Å². The van der Waals surface area contributed by atoms with Crippen molar-refractivity contribution in [3.05, 3.63) is 42.0 Å². The van der Waals surface area contributed by atoms with E-state index >= 15 is 0 Å². The van der Waals surface area contributed by atoms with Gasteiger partial charge in [-0.3, -0.25) is 4.98 Å². The fraction of sp³-hybridized carbons (Fsp3) is 0.200. The number of aromatic nitrogens is 3. The molecule has 13 heavy (non-hydrogen) atoms. The molecule has 2 rings (SSSR count). The highest BCUT2D eigenvalue weighted by Crippen LogP contribution is 2.11. The van der Waals surface area contributed by atoms with E-state index in [9.17, 15) is 0 Å². The lowest BCUT2D eigenvalue weighted by Gasteiger charge is -2.02. The van der Waals surface area contributed by atoms with Crippen LogP contribution in [0, 0.1) is 13.8 Å². The van der Waals surface area contributed by atoms with Crippen LogP contribution < -0.4 is 0 Å². The van der Waals surface area contributed by atoms with E-state index in [1.54, 1.807) is 12.4 Å². The third kappa shape index (κ3) is 1.33. The van der Waals surface area contributed by atoms with E-state index in [4.69, 9.17) is 0 Å². The molecule has 0 saturated carbocycles. The molecule has 2 aromatic rings. The van der Waals surface area contributed by atoms with E-state index in [2.05, 4.69) is 23.9 Å². The Balaban J connectivity index is 2.53. The first-order valence-corrected chi connectivity index (χ1v) is 4.20. The molecule has 0 radical (unpaired) electrons. The molecule has 0 saturated heterocycles. The minimum absolute atomic E-state index is 1.01. The average Bonchev–Trinajstić information content (AvgIpc) is 2.49. The Morgan fingerprint density at radius 3 is 2.62 bits per heavy atom. The van der Waals surface area contributed by atoms with Crippen molar-refractivity contribution < 1.29 is 0 Å². The fourth-order valence-electron chi connectivity index (χ4n) is 1.23. The second-order valence-corrected chi connectivity index (χ2v) is 3.04. The second kappa shape index (κ2) is 3.01. The van der Waals surface area contributed by atoms with Crippen LogP contribution in [0.5, 0.6) is 0 Å². The summed E-state index contributed by atoms with van der Waals surface area (Å²) in [6.45, 7) is 4.10. The van der Waals surface area contributed by atoms with Crippen LogP contribution in [0.1, 0.15) is 11.3 Å². The predicted octanol–water partition coefficient (Wildman–Crippen LogP) is 1.88.